The van der Waals surface area contributed by atoms with Crippen molar-refractivity contribution in [1.29, 1.82) is 0 Å². The van der Waals surface area contributed by atoms with Gasteiger partial charge in [0.1, 0.15) is 0 Å². The Morgan fingerprint density at radius 2 is 0.500 bits per heavy atom. The Bertz CT molecular complexity index is 5.51. The molecule has 0 aliphatic heterocycles. The van der Waals surface area contributed by atoms with Gasteiger partial charge in [-0.15, -0.1) is 0 Å². The molecule has 6 heteroatoms. The smallest absolute Gasteiger partial charge is 1.00 e. The molecule has 0 unspecified atom stereocenters. The van der Waals surface area contributed by atoms with E-state index in [1.54, 1.807) is 0 Å². The van der Waals surface area contributed by atoms with Gasteiger partial charge in [0.25, 0.3) is 0 Å². The maximum absolute atomic E-state index is 0. The zero-order valence-corrected chi connectivity index (χ0v) is 7.91. The second-order valence-corrected chi connectivity index (χ2v) is 0. The van der Waals surface area contributed by atoms with Gasteiger partial charge in [-0.25, -0.2) is 0 Å². The molecule has 0 spiro atoms. The van der Waals surface area contributed by atoms with Crippen molar-refractivity contribution in [2.24, 2.45) is 0 Å². The molecule has 0 heterocycles. The number of rotatable bonds is 0. The van der Waals surface area contributed by atoms with Gasteiger partial charge in [0.15, 0.2) is 0 Å². The SMILES string of the molecule is O.O.O.[Na+].[Na+].[O-2]. The predicted molar refractivity (Wildman–Crippen MR) is 11.5 cm³/mol. The van der Waals surface area contributed by atoms with Crippen LogP contribution in [0.4, 0.5) is 0 Å². The summed E-state index contributed by atoms with van der Waals surface area (Å²) in [6.45, 7) is 0. The predicted octanol–water partition coefficient (Wildman–Crippen LogP) is -8.58. The van der Waals surface area contributed by atoms with Gasteiger partial charge in [-0.05, 0) is 0 Å². The van der Waals surface area contributed by atoms with E-state index in [1.807, 2.05) is 0 Å². The topological polar surface area (TPSA) is 123 Å². The van der Waals surface area contributed by atoms with Gasteiger partial charge in [-0.3, -0.25) is 0 Å². The Morgan fingerprint density at radius 1 is 0.500 bits per heavy atom. The molecule has 0 aliphatic carbocycles. The molecule has 0 amide bonds. The van der Waals surface area contributed by atoms with Crippen molar-refractivity contribution in [2.45, 2.75) is 0 Å². The standard InChI is InChI=1S/2Na.3H2O.O/h;;3*1H2;/q2*+1;;;;-2. The van der Waals surface area contributed by atoms with Crippen LogP contribution in [0.1, 0.15) is 0 Å². The van der Waals surface area contributed by atoms with Crippen molar-refractivity contribution in [3.8, 4) is 0 Å². The van der Waals surface area contributed by atoms with Gasteiger partial charge in [-0.2, -0.15) is 0 Å². The minimum atomic E-state index is 0. The first-order valence-electron chi connectivity index (χ1n) is 0. The van der Waals surface area contributed by atoms with E-state index in [2.05, 4.69) is 0 Å². The maximum atomic E-state index is 0. The van der Waals surface area contributed by atoms with Crippen LogP contribution in [0.15, 0.2) is 0 Å². The first kappa shape index (κ1) is 108. The molecule has 0 fully saturated rings. The molecule has 6 heavy (non-hydrogen) atoms. The van der Waals surface area contributed by atoms with Gasteiger partial charge in [-0.1, -0.05) is 0 Å². The van der Waals surface area contributed by atoms with E-state index in [0.29, 0.717) is 0 Å². The molecule has 0 aliphatic rings. The summed E-state index contributed by atoms with van der Waals surface area (Å²) in [7, 11) is 0. The van der Waals surface area contributed by atoms with Crippen molar-refractivity contribution in [3.05, 3.63) is 0 Å². The second-order valence-electron chi connectivity index (χ2n) is 0. The third kappa shape index (κ3) is 40.4. The summed E-state index contributed by atoms with van der Waals surface area (Å²) in [5, 5.41) is 0. The molecule has 0 aromatic heterocycles. The zero-order chi connectivity index (χ0) is 0. The minimum absolute atomic E-state index is 0. The number of hydrogen-bond donors (Lipinski definition) is 0. The van der Waals surface area contributed by atoms with Crippen LogP contribution in [0, 0.1) is 0 Å². The first-order chi connectivity index (χ1) is 0. The van der Waals surface area contributed by atoms with E-state index in [9.17, 15) is 0 Å². The van der Waals surface area contributed by atoms with E-state index in [1.165, 1.54) is 0 Å². The Kier molecular flexibility index (Phi) is 1240. The molecule has 0 radical (unpaired) electrons. The fourth-order valence-electron chi connectivity index (χ4n) is 0. The first-order valence-corrected chi connectivity index (χ1v) is 0. The molecule has 0 saturated heterocycles. The van der Waals surface area contributed by atoms with E-state index >= 15 is 0 Å². The van der Waals surface area contributed by atoms with Crippen LogP contribution < -0.4 is 59.1 Å². The van der Waals surface area contributed by atoms with Gasteiger partial charge in [0, 0.05) is 0 Å². The molecule has 4 nitrogen and oxygen atoms in total. The Hall–Kier alpha value is 1.84. The molecule has 0 atom stereocenters. The molecule has 0 aromatic rings. The van der Waals surface area contributed by atoms with E-state index < -0.39 is 0 Å². The van der Waals surface area contributed by atoms with E-state index in [-0.39, 0.29) is 81.0 Å². The summed E-state index contributed by atoms with van der Waals surface area (Å²) in [4.78, 5) is 0. The average Bonchev–Trinajstić information content (AvgIpc) is 0. The maximum Gasteiger partial charge on any atom is 1.00 e. The molecule has 6 N–H and O–H groups in total. The Balaban J connectivity index is 0. The third-order valence-corrected chi connectivity index (χ3v) is 0. The summed E-state index contributed by atoms with van der Waals surface area (Å²) in [5.74, 6) is 0. The molecular weight excluding hydrogens is 110 g/mol. The van der Waals surface area contributed by atoms with Crippen LogP contribution in [-0.4, -0.2) is 16.4 Å². The van der Waals surface area contributed by atoms with Gasteiger partial charge < -0.3 is 21.9 Å². The van der Waals surface area contributed by atoms with Crippen LogP contribution in [-0.2, 0) is 5.48 Å². The van der Waals surface area contributed by atoms with Crippen molar-refractivity contribution in [1.82, 2.24) is 0 Å². The van der Waals surface area contributed by atoms with Crippen molar-refractivity contribution < 1.29 is 81.0 Å². The average molecular weight is 116 g/mol. The van der Waals surface area contributed by atoms with Crippen LogP contribution in [0.25, 0.3) is 0 Å². The molecule has 0 saturated carbocycles. The zero-order valence-electron chi connectivity index (χ0n) is 3.91. The van der Waals surface area contributed by atoms with Crippen LogP contribution >= 0.6 is 0 Å². The summed E-state index contributed by atoms with van der Waals surface area (Å²) in [6, 6.07) is 0. The van der Waals surface area contributed by atoms with E-state index in [0.717, 1.165) is 0 Å². The monoisotopic (exact) mass is 116 g/mol. The van der Waals surface area contributed by atoms with E-state index in [4.69, 9.17) is 0 Å². The van der Waals surface area contributed by atoms with Crippen molar-refractivity contribution in [3.63, 3.8) is 0 Å². The molecular formula is H6Na2O4. The van der Waals surface area contributed by atoms with Gasteiger partial charge in [0.05, 0.1) is 0 Å². The van der Waals surface area contributed by atoms with Crippen molar-refractivity contribution in [2.75, 3.05) is 0 Å². The van der Waals surface area contributed by atoms with Crippen LogP contribution in [0.3, 0.4) is 0 Å². The van der Waals surface area contributed by atoms with Crippen LogP contribution in [0.5, 0.6) is 0 Å². The Morgan fingerprint density at radius 3 is 0.500 bits per heavy atom. The summed E-state index contributed by atoms with van der Waals surface area (Å²) in [6.07, 6.45) is 0. The third-order valence-electron chi connectivity index (χ3n) is 0. The van der Waals surface area contributed by atoms with Crippen molar-refractivity contribution >= 4 is 0 Å². The summed E-state index contributed by atoms with van der Waals surface area (Å²) < 4.78 is 0. The second kappa shape index (κ2) is 68.9. The fraction of sp³-hybridized carbons (Fsp3) is 0. The molecule has 0 bridgehead atoms. The molecule has 0 aromatic carbocycles. The molecule has 0 rings (SSSR count). The fourth-order valence-corrected chi connectivity index (χ4v) is 0. The molecule has 32 valence electrons. The summed E-state index contributed by atoms with van der Waals surface area (Å²) >= 11 is 0. The largest absolute Gasteiger partial charge is 2.00 e. The summed E-state index contributed by atoms with van der Waals surface area (Å²) in [5.41, 5.74) is 0. The van der Waals surface area contributed by atoms with Gasteiger partial charge >= 0.3 is 59.1 Å². The minimum Gasteiger partial charge on any atom is -2.00 e. The number of hydrogen-bond acceptors (Lipinski definition) is 0. The quantitative estimate of drug-likeness (QED) is 0.279. The normalized spacial score (nSPS) is 0. The van der Waals surface area contributed by atoms with Gasteiger partial charge in [0.2, 0.25) is 0 Å². The Labute approximate surface area is 80.1 Å². The van der Waals surface area contributed by atoms with Crippen LogP contribution in [0.2, 0.25) is 0 Å².